The molecule has 0 bridgehead atoms. The number of nitrogens with zero attached hydrogens (tertiary/aromatic N) is 1. The molecule has 13 heavy (non-hydrogen) atoms. The molecule has 0 unspecified atom stereocenters. The first kappa shape index (κ1) is 8.36. The standard InChI is InChI=1S/C12H15N/c1-13(2)12-8-7-10-5-3-4-6-11(10)9-12/h3-4,7-9H,5-6H2,1-2H3. The predicted molar refractivity (Wildman–Crippen MR) is 57.3 cm³/mol. The van der Waals surface area contributed by atoms with Crippen LogP contribution in [0.15, 0.2) is 30.4 Å². The highest BCUT2D eigenvalue weighted by molar-refractivity contribution is 5.51. The van der Waals surface area contributed by atoms with Crippen molar-refractivity contribution in [2.24, 2.45) is 0 Å². The van der Waals surface area contributed by atoms with Gasteiger partial charge in [0.25, 0.3) is 0 Å². The van der Waals surface area contributed by atoms with Gasteiger partial charge in [0.1, 0.15) is 0 Å². The van der Waals surface area contributed by atoms with Crippen LogP contribution in [0.1, 0.15) is 11.1 Å². The van der Waals surface area contributed by atoms with Crippen molar-refractivity contribution in [3.63, 3.8) is 0 Å². The van der Waals surface area contributed by atoms with Crippen molar-refractivity contribution in [2.45, 2.75) is 12.8 Å². The zero-order valence-corrected chi connectivity index (χ0v) is 8.25. The lowest BCUT2D eigenvalue weighted by Gasteiger charge is -2.17. The number of hydrogen-bond acceptors (Lipinski definition) is 1. The van der Waals surface area contributed by atoms with Crippen LogP contribution in [0.25, 0.3) is 0 Å². The molecule has 1 aliphatic rings. The van der Waals surface area contributed by atoms with Gasteiger partial charge in [0, 0.05) is 19.8 Å². The third-order valence-corrected chi connectivity index (χ3v) is 2.55. The molecule has 1 aliphatic carbocycles. The average molecular weight is 173 g/mol. The minimum Gasteiger partial charge on any atom is -0.378 e. The first-order valence-corrected chi connectivity index (χ1v) is 4.71. The quantitative estimate of drug-likeness (QED) is 0.589. The van der Waals surface area contributed by atoms with Crippen LogP contribution < -0.4 is 4.90 Å². The summed E-state index contributed by atoms with van der Waals surface area (Å²) >= 11 is 0. The zero-order chi connectivity index (χ0) is 9.26. The highest BCUT2D eigenvalue weighted by Gasteiger charge is 2.05. The predicted octanol–water partition coefficient (Wildman–Crippen LogP) is 2.41. The monoisotopic (exact) mass is 173 g/mol. The minimum atomic E-state index is 1.09. The fraction of sp³-hybridized carbons (Fsp3) is 0.333. The Morgan fingerprint density at radius 1 is 1.00 bits per heavy atom. The molecule has 1 nitrogen and oxygen atoms in total. The normalized spacial score (nSPS) is 14.0. The molecule has 1 aromatic rings. The fourth-order valence-electron chi connectivity index (χ4n) is 1.70. The summed E-state index contributed by atoms with van der Waals surface area (Å²) < 4.78 is 0. The van der Waals surface area contributed by atoms with Gasteiger partial charge < -0.3 is 4.90 Å². The van der Waals surface area contributed by atoms with Crippen molar-refractivity contribution in [2.75, 3.05) is 19.0 Å². The van der Waals surface area contributed by atoms with Crippen LogP contribution >= 0.6 is 0 Å². The van der Waals surface area contributed by atoms with Crippen LogP contribution in [0.5, 0.6) is 0 Å². The lowest BCUT2D eigenvalue weighted by molar-refractivity contribution is 1.07. The average Bonchev–Trinajstić information content (AvgIpc) is 2.17. The van der Waals surface area contributed by atoms with E-state index in [2.05, 4.69) is 49.3 Å². The number of hydrogen-bond donors (Lipinski definition) is 0. The molecule has 2 rings (SSSR count). The lowest BCUT2D eigenvalue weighted by Crippen LogP contribution is -2.09. The van der Waals surface area contributed by atoms with Gasteiger partial charge in [-0.25, -0.2) is 0 Å². The number of anilines is 1. The van der Waals surface area contributed by atoms with Crippen molar-refractivity contribution in [1.82, 2.24) is 0 Å². The second-order valence-electron chi connectivity index (χ2n) is 3.73. The molecule has 0 heterocycles. The van der Waals surface area contributed by atoms with E-state index in [0.717, 1.165) is 12.8 Å². The summed E-state index contributed by atoms with van der Waals surface area (Å²) in [5.41, 5.74) is 4.26. The number of allylic oxidation sites excluding steroid dienone is 2. The Morgan fingerprint density at radius 2 is 1.69 bits per heavy atom. The molecule has 0 spiro atoms. The maximum atomic E-state index is 2.29. The Kier molecular flexibility index (Phi) is 2.09. The van der Waals surface area contributed by atoms with Crippen molar-refractivity contribution in [1.29, 1.82) is 0 Å². The number of fused-ring (bicyclic) bond motifs is 1. The molecule has 0 amide bonds. The minimum absolute atomic E-state index is 1.09. The fourth-order valence-corrected chi connectivity index (χ4v) is 1.70. The SMILES string of the molecule is CN(C)c1ccc2c(c1)CC=CC2. The Labute approximate surface area is 79.7 Å². The summed E-state index contributed by atoms with van der Waals surface area (Å²) in [6.07, 6.45) is 6.69. The molecule has 0 fully saturated rings. The number of benzene rings is 1. The third-order valence-electron chi connectivity index (χ3n) is 2.55. The number of rotatable bonds is 1. The van der Waals surface area contributed by atoms with E-state index in [0.29, 0.717) is 0 Å². The maximum absolute atomic E-state index is 2.29. The van der Waals surface area contributed by atoms with Crippen molar-refractivity contribution < 1.29 is 0 Å². The molecule has 1 aromatic carbocycles. The van der Waals surface area contributed by atoms with Crippen LogP contribution in [-0.2, 0) is 12.8 Å². The van der Waals surface area contributed by atoms with E-state index in [1.165, 1.54) is 16.8 Å². The van der Waals surface area contributed by atoms with Gasteiger partial charge in [-0.05, 0) is 36.1 Å². The van der Waals surface area contributed by atoms with Gasteiger partial charge in [0.15, 0.2) is 0 Å². The highest BCUT2D eigenvalue weighted by Crippen LogP contribution is 2.22. The van der Waals surface area contributed by atoms with Crippen molar-refractivity contribution in [3.8, 4) is 0 Å². The van der Waals surface area contributed by atoms with Crippen LogP contribution in [0.4, 0.5) is 5.69 Å². The Balaban J connectivity index is 2.38. The van der Waals surface area contributed by atoms with Crippen LogP contribution in [0.2, 0.25) is 0 Å². The van der Waals surface area contributed by atoms with E-state index in [-0.39, 0.29) is 0 Å². The maximum Gasteiger partial charge on any atom is 0.0364 e. The molecule has 0 aromatic heterocycles. The molecule has 0 saturated carbocycles. The molecule has 0 radical (unpaired) electrons. The van der Waals surface area contributed by atoms with Gasteiger partial charge in [0.05, 0.1) is 0 Å². The summed E-state index contributed by atoms with van der Waals surface area (Å²) in [5, 5.41) is 0. The van der Waals surface area contributed by atoms with E-state index in [9.17, 15) is 0 Å². The molecule has 0 aliphatic heterocycles. The van der Waals surface area contributed by atoms with Gasteiger partial charge in [0.2, 0.25) is 0 Å². The Hall–Kier alpha value is -1.24. The van der Waals surface area contributed by atoms with Crippen molar-refractivity contribution in [3.05, 3.63) is 41.5 Å². The smallest absolute Gasteiger partial charge is 0.0364 e. The zero-order valence-electron chi connectivity index (χ0n) is 8.25. The molecule has 0 saturated heterocycles. The van der Waals surface area contributed by atoms with Crippen molar-refractivity contribution >= 4 is 5.69 Å². The van der Waals surface area contributed by atoms with Gasteiger partial charge in [-0.15, -0.1) is 0 Å². The largest absolute Gasteiger partial charge is 0.378 e. The molecule has 0 N–H and O–H groups in total. The highest BCUT2D eigenvalue weighted by atomic mass is 15.1. The summed E-state index contributed by atoms with van der Waals surface area (Å²) in [7, 11) is 4.17. The van der Waals surface area contributed by atoms with Gasteiger partial charge in [-0.1, -0.05) is 18.2 Å². The van der Waals surface area contributed by atoms with Gasteiger partial charge in [-0.2, -0.15) is 0 Å². The Bertz CT molecular complexity index is 337. The molecule has 68 valence electrons. The first-order valence-electron chi connectivity index (χ1n) is 4.71. The van der Waals surface area contributed by atoms with E-state index in [1.807, 2.05) is 0 Å². The van der Waals surface area contributed by atoms with E-state index in [1.54, 1.807) is 0 Å². The second-order valence-corrected chi connectivity index (χ2v) is 3.73. The summed E-state index contributed by atoms with van der Waals surface area (Å²) in [4.78, 5) is 2.15. The van der Waals surface area contributed by atoms with E-state index >= 15 is 0 Å². The summed E-state index contributed by atoms with van der Waals surface area (Å²) in [6.45, 7) is 0. The topological polar surface area (TPSA) is 3.24 Å². The molecule has 1 heteroatoms. The first-order chi connectivity index (χ1) is 6.27. The third kappa shape index (κ3) is 1.59. The lowest BCUT2D eigenvalue weighted by atomic mass is 9.96. The van der Waals surface area contributed by atoms with Crippen LogP contribution in [0.3, 0.4) is 0 Å². The molecular weight excluding hydrogens is 158 g/mol. The van der Waals surface area contributed by atoms with E-state index < -0.39 is 0 Å². The van der Waals surface area contributed by atoms with Crippen LogP contribution in [0, 0.1) is 0 Å². The second kappa shape index (κ2) is 3.25. The molecular formula is C12H15N. The van der Waals surface area contributed by atoms with E-state index in [4.69, 9.17) is 0 Å². The van der Waals surface area contributed by atoms with Crippen LogP contribution in [-0.4, -0.2) is 14.1 Å². The Morgan fingerprint density at radius 3 is 2.38 bits per heavy atom. The molecule has 0 atom stereocenters. The summed E-state index contributed by atoms with van der Waals surface area (Å²) in [6, 6.07) is 6.73. The summed E-state index contributed by atoms with van der Waals surface area (Å²) in [5.74, 6) is 0. The van der Waals surface area contributed by atoms with Gasteiger partial charge >= 0.3 is 0 Å². The van der Waals surface area contributed by atoms with Gasteiger partial charge in [-0.3, -0.25) is 0 Å².